The molecule has 576 valence electrons. The highest BCUT2D eigenvalue weighted by atomic mass is 31.2. The molecule has 0 radical (unpaired) electrons. The molecule has 0 aliphatic carbocycles. The van der Waals surface area contributed by atoms with Crippen molar-refractivity contribution in [1.29, 1.82) is 0 Å². The number of unbranched alkanes of at least 4 members (excludes halogenated alkanes) is 39. The second kappa shape index (κ2) is 67.2. The molecule has 0 aromatic carbocycles. The highest BCUT2D eigenvalue weighted by molar-refractivity contribution is 7.47. The van der Waals surface area contributed by atoms with Gasteiger partial charge in [0.1, 0.15) is 19.3 Å². The summed E-state index contributed by atoms with van der Waals surface area (Å²) in [7, 11) is -9.91. The van der Waals surface area contributed by atoms with E-state index in [0.29, 0.717) is 31.6 Å². The van der Waals surface area contributed by atoms with Crippen LogP contribution in [0.5, 0.6) is 0 Å². The third-order valence-corrected chi connectivity index (χ3v) is 20.7. The van der Waals surface area contributed by atoms with E-state index in [-0.39, 0.29) is 25.7 Å². The molecular formula is C78H152O17P2. The van der Waals surface area contributed by atoms with Gasteiger partial charge in [-0.15, -0.1) is 0 Å². The maximum absolute atomic E-state index is 13.1. The average Bonchev–Trinajstić information content (AvgIpc) is 2.90. The number of carbonyl (C=O) groups excluding carboxylic acids is 4. The summed E-state index contributed by atoms with van der Waals surface area (Å²) in [6.45, 7) is 14.2. The number of aliphatic hydroxyl groups is 1. The molecule has 19 heteroatoms. The van der Waals surface area contributed by atoms with E-state index in [0.717, 1.165) is 114 Å². The fourth-order valence-corrected chi connectivity index (χ4v) is 13.4. The maximum atomic E-state index is 13.1. The summed E-state index contributed by atoms with van der Waals surface area (Å²) < 4.78 is 68.5. The average molecular weight is 1420 g/mol. The van der Waals surface area contributed by atoms with Gasteiger partial charge in [0.15, 0.2) is 12.2 Å². The number of esters is 4. The van der Waals surface area contributed by atoms with Gasteiger partial charge >= 0.3 is 39.5 Å². The van der Waals surface area contributed by atoms with Crippen LogP contribution in [0.15, 0.2) is 0 Å². The molecule has 3 N–H and O–H groups in total. The van der Waals surface area contributed by atoms with Crippen molar-refractivity contribution in [3.63, 3.8) is 0 Å². The van der Waals surface area contributed by atoms with Crippen LogP contribution in [-0.2, 0) is 65.4 Å². The number of carbonyl (C=O) groups is 4. The normalized spacial score (nSPS) is 14.6. The van der Waals surface area contributed by atoms with Crippen LogP contribution in [0.4, 0.5) is 0 Å². The third-order valence-electron chi connectivity index (χ3n) is 18.8. The molecule has 0 amide bonds. The Morgan fingerprint density at radius 1 is 0.289 bits per heavy atom. The fourth-order valence-electron chi connectivity index (χ4n) is 11.8. The Morgan fingerprint density at radius 3 is 0.732 bits per heavy atom. The van der Waals surface area contributed by atoms with Crippen LogP contribution < -0.4 is 0 Å². The van der Waals surface area contributed by atoms with E-state index >= 15 is 0 Å². The molecule has 0 aliphatic heterocycles. The van der Waals surface area contributed by atoms with Gasteiger partial charge in [-0.3, -0.25) is 37.3 Å². The van der Waals surface area contributed by atoms with Gasteiger partial charge in [0.25, 0.3) is 0 Å². The summed E-state index contributed by atoms with van der Waals surface area (Å²) in [5.74, 6) is 0.935. The van der Waals surface area contributed by atoms with E-state index in [1.54, 1.807) is 0 Å². The monoisotopic (exact) mass is 1420 g/mol. The topological polar surface area (TPSA) is 237 Å². The van der Waals surface area contributed by atoms with Crippen LogP contribution in [0.25, 0.3) is 0 Å². The second-order valence-electron chi connectivity index (χ2n) is 29.5. The first-order valence-corrected chi connectivity index (χ1v) is 43.3. The van der Waals surface area contributed by atoms with Crippen LogP contribution in [0.2, 0.25) is 0 Å². The quantitative estimate of drug-likeness (QED) is 0.0222. The minimum absolute atomic E-state index is 0.102. The Hall–Kier alpha value is -1.94. The molecule has 0 saturated heterocycles. The molecule has 0 rings (SSSR count). The number of phosphoric ester groups is 2. The molecule has 7 atom stereocenters. The molecule has 0 aromatic rings. The molecule has 0 spiro atoms. The fraction of sp³-hybridized carbons (Fsp3) is 0.949. The van der Waals surface area contributed by atoms with E-state index in [9.17, 15) is 43.2 Å². The Balaban J connectivity index is 5.11. The third kappa shape index (κ3) is 69.5. The number of aliphatic hydroxyl groups excluding tert-OH is 1. The highest BCUT2D eigenvalue weighted by Crippen LogP contribution is 2.45. The molecule has 0 heterocycles. The minimum atomic E-state index is -4.96. The first-order valence-electron chi connectivity index (χ1n) is 40.3. The van der Waals surface area contributed by atoms with Gasteiger partial charge in [-0.2, -0.15) is 0 Å². The smallest absolute Gasteiger partial charge is 0.462 e. The molecule has 0 fully saturated rings. The molecule has 0 bridgehead atoms. The Labute approximate surface area is 594 Å². The van der Waals surface area contributed by atoms with E-state index in [2.05, 4.69) is 55.4 Å². The van der Waals surface area contributed by atoms with E-state index in [1.807, 2.05) is 0 Å². The Kier molecular flexibility index (Phi) is 65.9. The first-order chi connectivity index (χ1) is 46.7. The number of hydrogen-bond acceptors (Lipinski definition) is 15. The minimum Gasteiger partial charge on any atom is -0.462 e. The van der Waals surface area contributed by atoms with Crippen molar-refractivity contribution in [2.75, 3.05) is 39.6 Å². The van der Waals surface area contributed by atoms with Crippen molar-refractivity contribution in [2.45, 2.75) is 414 Å². The largest absolute Gasteiger partial charge is 0.472 e. The van der Waals surface area contributed by atoms with Crippen LogP contribution in [0, 0.1) is 23.7 Å². The maximum Gasteiger partial charge on any atom is 0.472 e. The molecule has 97 heavy (non-hydrogen) atoms. The van der Waals surface area contributed by atoms with Crippen molar-refractivity contribution in [2.24, 2.45) is 23.7 Å². The van der Waals surface area contributed by atoms with Gasteiger partial charge in [0.2, 0.25) is 0 Å². The summed E-state index contributed by atoms with van der Waals surface area (Å²) in [4.78, 5) is 72.8. The Bertz CT molecular complexity index is 1910. The number of hydrogen-bond donors (Lipinski definition) is 3. The van der Waals surface area contributed by atoms with Gasteiger partial charge < -0.3 is 33.8 Å². The van der Waals surface area contributed by atoms with Gasteiger partial charge in [-0.1, -0.05) is 344 Å². The van der Waals surface area contributed by atoms with Crippen LogP contribution in [-0.4, -0.2) is 96.7 Å². The lowest BCUT2D eigenvalue weighted by Crippen LogP contribution is -2.30. The lowest BCUT2D eigenvalue weighted by Gasteiger charge is -2.21. The van der Waals surface area contributed by atoms with Crippen LogP contribution in [0.3, 0.4) is 0 Å². The molecule has 17 nitrogen and oxygen atoms in total. The molecule has 4 unspecified atom stereocenters. The Morgan fingerprint density at radius 2 is 0.495 bits per heavy atom. The number of ether oxygens (including phenoxy) is 4. The van der Waals surface area contributed by atoms with Gasteiger partial charge in [-0.25, -0.2) is 9.13 Å². The lowest BCUT2D eigenvalue weighted by molar-refractivity contribution is -0.161. The SMILES string of the molecule is CCC(C)CCCCCCCCCCCCCCCCCCCCC(=O)OC[C@H](COP(=O)(O)OC[C@@H](O)COP(=O)(O)OC[C@@H](COC(=O)CCCCCCCCC(C)CC)OC(=O)CCCCCCCCCCCCCCCC(C)C)OC(=O)CCCCCCCCC(C)C. The summed E-state index contributed by atoms with van der Waals surface area (Å²) in [5.41, 5.74) is 0. The van der Waals surface area contributed by atoms with Crippen molar-refractivity contribution in [1.82, 2.24) is 0 Å². The van der Waals surface area contributed by atoms with Gasteiger partial charge in [0, 0.05) is 25.7 Å². The summed E-state index contributed by atoms with van der Waals surface area (Å²) in [6.07, 6.45) is 53.1. The van der Waals surface area contributed by atoms with Crippen LogP contribution >= 0.6 is 15.6 Å². The molecular weight excluding hydrogens is 1270 g/mol. The molecule has 0 saturated carbocycles. The summed E-state index contributed by atoms with van der Waals surface area (Å²) in [6, 6.07) is 0. The zero-order valence-corrected chi connectivity index (χ0v) is 65.5. The van der Waals surface area contributed by atoms with E-state index in [1.165, 1.54) is 193 Å². The standard InChI is InChI=1S/C78H152O17P2/c1-9-70(7)56-48-40-31-27-23-19-15-13-11-12-14-16-20-24-28-32-42-50-58-75(80)88-64-74(95-78(83)61-53-45-36-34-39-47-55-69(5)6)67-93-97(86,87)91-63-72(79)62-90-96(84,85)92-66-73(65-89-76(81)59-51-43-37-35-41-49-57-71(8)10-2)94-77(82)60-52-44-33-29-25-21-17-18-22-26-30-38-46-54-68(3)4/h68-74,79H,9-67H2,1-8H3,(H,84,85)(H,86,87)/t70?,71?,72-,73+,74+/m0/s1. The zero-order valence-electron chi connectivity index (χ0n) is 63.7. The second-order valence-corrected chi connectivity index (χ2v) is 32.4. The zero-order chi connectivity index (χ0) is 71.7. The molecule has 0 aliphatic rings. The van der Waals surface area contributed by atoms with Crippen molar-refractivity contribution in [3.05, 3.63) is 0 Å². The highest BCUT2D eigenvalue weighted by Gasteiger charge is 2.30. The lowest BCUT2D eigenvalue weighted by atomic mass is 9.99. The number of phosphoric acid groups is 2. The summed E-state index contributed by atoms with van der Waals surface area (Å²) in [5, 5.41) is 10.6. The van der Waals surface area contributed by atoms with Gasteiger partial charge in [-0.05, 0) is 49.4 Å². The van der Waals surface area contributed by atoms with Crippen LogP contribution in [0.1, 0.15) is 396 Å². The van der Waals surface area contributed by atoms with E-state index < -0.39 is 97.5 Å². The van der Waals surface area contributed by atoms with E-state index in [4.69, 9.17) is 37.0 Å². The van der Waals surface area contributed by atoms with Crippen molar-refractivity contribution >= 4 is 39.5 Å². The van der Waals surface area contributed by atoms with Gasteiger partial charge in [0.05, 0.1) is 26.4 Å². The summed E-state index contributed by atoms with van der Waals surface area (Å²) >= 11 is 0. The first kappa shape index (κ1) is 95.1. The predicted octanol–water partition coefficient (Wildman–Crippen LogP) is 22.8. The number of rotatable bonds is 75. The predicted molar refractivity (Wildman–Crippen MR) is 395 cm³/mol. The van der Waals surface area contributed by atoms with Crippen molar-refractivity contribution < 1.29 is 80.2 Å². The van der Waals surface area contributed by atoms with Crippen molar-refractivity contribution in [3.8, 4) is 0 Å². The molecule has 0 aromatic heterocycles.